The number of pyridine rings is 1. The number of methoxy groups -OCH3 is 2. The molecule has 140 valence electrons. The average Bonchev–Trinajstić information content (AvgIpc) is 2.63. The minimum atomic E-state index is -3.33. The van der Waals surface area contributed by atoms with E-state index in [4.69, 9.17) is 9.47 Å². The lowest BCUT2D eigenvalue weighted by atomic mass is 10.1. The lowest BCUT2D eigenvalue weighted by Crippen LogP contribution is -2.24. The Morgan fingerprint density at radius 3 is 2.46 bits per heavy atom. The van der Waals surface area contributed by atoms with Crippen molar-refractivity contribution in [3.8, 4) is 11.5 Å². The van der Waals surface area contributed by atoms with E-state index in [-0.39, 0.29) is 12.5 Å². The van der Waals surface area contributed by atoms with Crippen LogP contribution in [-0.2, 0) is 23.1 Å². The molecule has 0 aliphatic rings. The van der Waals surface area contributed by atoms with E-state index < -0.39 is 10.0 Å². The molecule has 1 aromatic heterocycles. The fourth-order valence-electron chi connectivity index (χ4n) is 2.20. The number of hydrogen-bond donors (Lipinski definition) is 2. The second-order valence-electron chi connectivity index (χ2n) is 5.50. The van der Waals surface area contributed by atoms with Gasteiger partial charge in [-0.25, -0.2) is 13.1 Å². The number of hydrogen-bond acceptors (Lipinski definition) is 6. The molecular weight excluding hydrogens is 358 g/mol. The van der Waals surface area contributed by atoms with Gasteiger partial charge in [-0.05, 0) is 29.8 Å². The summed E-state index contributed by atoms with van der Waals surface area (Å²) in [5.41, 5.74) is 1.70. The number of carbonyl (C=O) groups is 1. The summed E-state index contributed by atoms with van der Waals surface area (Å²) < 4.78 is 35.0. The van der Waals surface area contributed by atoms with Gasteiger partial charge >= 0.3 is 0 Å². The van der Waals surface area contributed by atoms with Crippen LogP contribution in [0.4, 0.5) is 0 Å². The number of rotatable bonds is 8. The molecular formula is C17H21N3O5S. The van der Waals surface area contributed by atoms with Gasteiger partial charge in [0.25, 0.3) is 5.91 Å². The van der Waals surface area contributed by atoms with Gasteiger partial charge in [0.2, 0.25) is 10.0 Å². The Bertz CT molecular complexity index is 884. The molecule has 9 heteroatoms. The Balaban J connectivity index is 2.02. The minimum absolute atomic E-state index is 0.0234. The first-order valence-electron chi connectivity index (χ1n) is 7.71. The van der Waals surface area contributed by atoms with E-state index >= 15 is 0 Å². The molecule has 0 atom stereocenters. The van der Waals surface area contributed by atoms with E-state index in [0.717, 1.165) is 11.8 Å². The lowest BCUT2D eigenvalue weighted by molar-refractivity contribution is 0.0950. The largest absolute Gasteiger partial charge is 0.493 e. The quantitative estimate of drug-likeness (QED) is 0.711. The molecule has 0 bridgehead atoms. The molecule has 0 radical (unpaired) electrons. The first kappa shape index (κ1) is 19.7. The molecule has 0 fully saturated rings. The third kappa shape index (κ3) is 5.71. The molecule has 0 saturated carbocycles. The van der Waals surface area contributed by atoms with Crippen LogP contribution in [0.2, 0.25) is 0 Å². The third-order valence-electron chi connectivity index (χ3n) is 3.50. The number of nitrogens with one attached hydrogen (secondary N) is 2. The molecule has 1 heterocycles. The molecule has 26 heavy (non-hydrogen) atoms. The van der Waals surface area contributed by atoms with E-state index in [1.165, 1.54) is 6.20 Å². The van der Waals surface area contributed by atoms with Gasteiger partial charge in [0.15, 0.2) is 11.5 Å². The van der Waals surface area contributed by atoms with Crippen molar-refractivity contribution in [2.24, 2.45) is 0 Å². The molecule has 0 spiro atoms. The highest BCUT2D eigenvalue weighted by Gasteiger charge is 2.10. The highest BCUT2D eigenvalue weighted by atomic mass is 32.2. The SMILES string of the molecule is COc1ccc(CNC(=O)c2ccnc(CNS(C)(=O)=O)c2)cc1OC. The maximum absolute atomic E-state index is 12.3. The van der Waals surface area contributed by atoms with Crippen LogP contribution < -0.4 is 19.5 Å². The zero-order valence-electron chi connectivity index (χ0n) is 14.8. The number of carbonyl (C=O) groups excluding carboxylic acids is 1. The summed E-state index contributed by atoms with van der Waals surface area (Å²) in [6, 6.07) is 8.49. The van der Waals surface area contributed by atoms with Gasteiger partial charge in [-0.1, -0.05) is 6.07 Å². The molecule has 0 aliphatic heterocycles. The lowest BCUT2D eigenvalue weighted by Gasteiger charge is -2.11. The summed E-state index contributed by atoms with van der Waals surface area (Å²) >= 11 is 0. The fourth-order valence-corrected chi connectivity index (χ4v) is 2.61. The van der Waals surface area contributed by atoms with Crippen molar-refractivity contribution in [2.45, 2.75) is 13.1 Å². The number of sulfonamides is 1. The van der Waals surface area contributed by atoms with Gasteiger partial charge in [-0.3, -0.25) is 9.78 Å². The first-order chi connectivity index (χ1) is 12.3. The molecule has 8 nitrogen and oxygen atoms in total. The molecule has 0 saturated heterocycles. The van der Waals surface area contributed by atoms with Crippen molar-refractivity contribution in [2.75, 3.05) is 20.5 Å². The maximum atomic E-state index is 12.3. The molecule has 0 unspecified atom stereocenters. The van der Waals surface area contributed by atoms with E-state index in [2.05, 4.69) is 15.0 Å². The van der Waals surface area contributed by atoms with Gasteiger partial charge in [-0.2, -0.15) is 0 Å². The molecule has 1 amide bonds. The zero-order chi connectivity index (χ0) is 19.2. The smallest absolute Gasteiger partial charge is 0.251 e. The normalized spacial score (nSPS) is 11.0. The number of aromatic nitrogens is 1. The summed E-state index contributed by atoms with van der Waals surface area (Å²) in [6.45, 7) is 0.327. The van der Waals surface area contributed by atoms with Crippen LogP contribution in [0.25, 0.3) is 0 Å². The van der Waals surface area contributed by atoms with Gasteiger partial charge < -0.3 is 14.8 Å². The van der Waals surface area contributed by atoms with E-state index in [1.807, 2.05) is 6.07 Å². The van der Waals surface area contributed by atoms with Crippen molar-refractivity contribution in [1.82, 2.24) is 15.0 Å². The molecule has 1 aromatic carbocycles. The molecule has 0 aliphatic carbocycles. The summed E-state index contributed by atoms with van der Waals surface area (Å²) in [5, 5.41) is 2.80. The summed E-state index contributed by atoms with van der Waals surface area (Å²) in [4.78, 5) is 16.4. The predicted molar refractivity (Wildman–Crippen MR) is 96.6 cm³/mol. The molecule has 2 rings (SSSR count). The number of amides is 1. The van der Waals surface area contributed by atoms with Gasteiger partial charge in [0.05, 0.1) is 32.7 Å². The standard InChI is InChI=1S/C17H21N3O5S/c1-24-15-5-4-12(8-16(15)25-2)10-19-17(21)13-6-7-18-14(9-13)11-20-26(3,22)23/h4-9,20H,10-11H2,1-3H3,(H,19,21). The Morgan fingerprint density at radius 2 is 1.81 bits per heavy atom. The summed E-state index contributed by atoms with van der Waals surface area (Å²) in [5.74, 6) is 0.903. The van der Waals surface area contributed by atoms with E-state index in [1.54, 1.807) is 38.5 Å². The number of nitrogens with zero attached hydrogens (tertiary/aromatic N) is 1. The Hall–Kier alpha value is -2.65. The Kier molecular flexibility index (Phi) is 6.53. The second kappa shape index (κ2) is 8.63. The topological polar surface area (TPSA) is 107 Å². The van der Waals surface area contributed by atoms with Crippen LogP contribution in [0.5, 0.6) is 11.5 Å². The summed E-state index contributed by atoms with van der Waals surface area (Å²) in [6.07, 6.45) is 2.53. The van der Waals surface area contributed by atoms with Gasteiger partial charge in [0.1, 0.15) is 0 Å². The number of ether oxygens (including phenoxy) is 2. The maximum Gasteiger partial charge on any atom is 0.251 e. The van der Waals surface area contributed by atoms with Crippen LogP contribution in [0.3, 0.4) is 0 Å². The van der Waals surface area contributed by atoms with Crippen molar-refractivity contribution < 1.29 is 22.7 Å². The Labute approximate surface area is 152 Å². The zero-order valence-corrected chi connectivity index (χ0v) is 15.6. The molecule has 2 aromatic rings. The third-order valence-corrected chi connectivity index (χ3v) is 4.16. The van der Waals surface area contributed by atoms with Gasteiger partial charge in [-0.15, -0.1) is 0 Å². The Morgan fingerprint density at radius 1 is 1.08 bits per heavy atom. The van der Waals surface area contributed by atoms with Gasteiger partial charge in [0, 0.05) is 18.3 Å². The van der Waals surface area contributed by atoms with Crippen LogP contribution >= 0.6 is 0 Å². The summed E-state index contributed by atoms with van der Waals surface area (Å²) in [7, 11) is -0.227. The van der Waals surface area contributed by atoms with Crippen molar-refractivity contribution in [1.29, 1.82) is 0 Å². The minimum Gasteiger partial charge on any atom is -0.493 e. The van der Waals surface area contributed by atoms with Crippen molar-refractivity contribution >= 4 is 15.9 Å². The number of benzene rings is 1. The average molecular weight is 379 g/mol. The van der Waals surface area contributed by atoms with Crippen molar-refractivity contribution in [3.05, 3.63) is 53.3 Å². The van der Waals surface area contributed by atoms with Crippen LogP contribution in [0, 0.1) is 0 Å². The van der Waals surface area contributed by atoms with Crippen LogP contribution in [0.1, 0.15) is 21.6 Å². The first-order valence-corrected chi connectivity index (χ1v) is 9.60. The van der Waals surface area contributed by atoms with Crippen LogP contribution in [-0.4, -0.2) is 39.8 Å². The van der Waals surface area contributed by atoms with Crippen LogP contribution in [0.15, 0.2) is 36.5 Å². The highest BCUT2D eigenvalue weighted by Crippen LogP contribution is 2.27. The highest BCUT2D eigenvalue weighted by molar-refractivity contribution is 7.88. The molecule has 2 N–H and O–H groups in total. The second-order valence-corrected chi connectivity index (χ2v) is 7.33. The van der Waals surface area contributed by atoms with E-state index in [0.29, 0.717) is 29.3 Å². The fraction of sp³-hybridized carbons (Fsp3) is 0.294. The monoisotopic (exact) mass is 379 g/mol. The van der Waals surface area contributed by atoms with E-state index in [9.17, 15) is 13.2 Å². The van der Waals surface area contributed by atoms with Crippen molar-refractivity contribution in [3.63, 3.8) is 0 Å². The predicted octanol–water partition coefficient (Wildman–Crippen LogP) is 1.08.